The Balaban J connectivity index is 2.12. The van der Waals surface area contributed by atoms with Crippen LogP contribution in [0, 0.1) is 13.8 Å². The molecular formula is C15H17ClN6O2. The van der Waals surface area contributed by atoms with E-state index in [1.807, 2.05) is 18.4 Å². The zero-order valence-electron chi connectivity index (χ0n) is 13.8. The molecule has 0 radical (unpaired) electrons. The van der Waals surface area contributed by atoms with Crippen molar-refractivity contribution in [3.05, 3.63) is 28.3 Å². The van der Waals surface area contributed by atoms with Gasteiger partial charge in [0.2, 0.25) is 11.8 Å². The monoisotopic (exact) mass is 348 g/mol. The molecule has 3 rings (SSSR count). The number of nitrogen functional groups attached to an aromatic ring is 1. The van der Waals surface area contributed by atoms with Crippen molar-refractivity contribution in [2.24, 2.45) is 0 Å². The summed E-state index contributed by atoms with van der Waals surface area (Å²) in [7, 11) is 3.20. The summed E-state index contributed by atoms with van der Waals surface area (Å²) >= 11 is 6.06. The van der Waals surface area contributed by atoms with Gasteiger partial charge < -0.3 is 19.8 Å². The number of nitrogens with two attached hydrogens (primary N) is 1. The molecule has 0 atom stereocenters. The maximum atomic E-state index is 6.06. The normalized spacial score (nSPS) is 11.0. The molecule has 24 heavy (non-hydrogen) atoms. The highest BCUT2D eigenvalue weighted by Gasteiger charge is 2.18. The van der Waals surface area contributed by atoms with Gasteiger partial charge in [-0.2, -0.15) is 9.97 Å². The Morgan fingerprint density at radius 1 is 1.12 bits per heavy atom. The second-order valence-electron chi connectivity index (χ2n) is 5.27. The van der Waals surface area contributed by atoms with Gasteiger partial charge in [0.1, 0.15) is 11.3 Å². The topological polar surface area (TPSA) is 101 Å². The molecule has 0 saturated carbocycles. The second kappa shape index (κ2) is 6.12. The van der Waals surface area contributed by atoms with Gasteiger partial charge in [-0.1, -0.05) is 11.6 Å². The maximum Gasteiger partial charge on any atom is 0.223 e. The zero-order chi connectivity index (χ0) is 17.4. The molecule has 0 bridgehead atoms. The average molecular weight is 349 g/mol. The fourth-order valence-corrected chi connectivity index (χ4v) is 2.88. The Labute approximate surface area is 143 Å². The molecule has 0 saturated heterocycles. The van der Waals surface area contributed by atoms with Gasteiger partial charge in [0.05, 0.1) is 38.3 Å². The van der Waals surface area contributed by atoms with E-state index < -0.39 is 0 Å². The summed E-state index contributed by atoms with van der Waals surface area (Å²) in [6, 6.07) is 0. The van der Waals surface area contributed by atoms with E-state index in [2.05, 4.69) is 19.9 Å². The van der Waals surface area contributed by atoms with Gasteiger partial charge in [-0.25, -0.2) is 9.97 Å². The van der Waals surface area contributed by atoms with E-state index in [0.29, 0.717) is 23.6 Å². The highest BCUT2D eigenvalue weighted by atomic mass is 35.5. The molecule has 0 unspecified atom stereocenters. The number of anilines is 1. The summed E-state index contributed by atoms with van der Waals surface area (Å²) in [6.45, 7) is 4.27. The van der Waals surface area contributed by atoms with Crippen LogP contribution < -0.4 is 15.2 Å². The van der Waals surface area contributed by atoms with Gasteiger partial charge in [-0.3, -0.25) is 0 Å². The van der Waals surface area contributed by atoms with Crippen LogP contribution in [0.25, 0.3) is 11.2 Å². The van der Waals surface area contributed by atoms with Crippen molar-refractivity contribution in [3.8, 4) is 11.6 Å². The number of rotatable bonds is 4. The predicted octanol–water partition coefficient (Wildman–Crippen LogP) is 2.14. The molecule has 3 heterocycles. The van der Waals surface area contributed by atoms with E-state index in [0.717, 1.165) is 22.6 Å². The maximum absolute atomic E-state index is 6.06. The van der Waals surface area contributed by atoms with E-state index in [1.54, 1.807) is 20.5 Å². The van der Waals surface area contributed by atoms with E-state index >= 15 is 0 Å². The van der Waals surface area contributed by atoms with E-state index in [1.165, 1.54) is 0 Å². The lowest BCUT2D eigenvalue weighted by Gasteiger charge is -2.16. The van der Waals surface area contributed by atoms with Gasteiger partial charge in [0.15, 0.2) is 10.8 Å². The first-order valence-corrected chi connectivity index (χ1v) is 7.56. The number of nitrogens with zero attached hydrogens (tertiary/aromatic N) is 5. The summed E-state index contributed by atoms with van der Waals surface area (Å²) in [6.07, 6.45) is 1.63. The molecule has 0 aliphatic rings. The molecule has 0 aliphatic carbocycles. The molecule has 0 aromatic carbocycles. The Kier molecular flexibility index (Phi) is 4.15. The first-order chi connectivity index (χ1) is 11.5. The fourth-order valence-electron chi connectivity index (χ4n) is 2.66. The standard InChI is InChI=1S/C15H17ClN6O2/c1-7-9(19-14(24-4)8(2)11(7)23-3)5-22-6-18-10-12(16)20-15(17)21-13(10)22/h6H,5H2,1-4H3,(H2,17,20,21). The van der Waals surface area contributed by atoms with Crippen LogP contribution in [0.1, 0.15) is 16.8 Å². The number of halogens is 1. The van der Waals surface area contributed by atoms with Crippen molar-refractivity contribution in [2.45, 2.75) is 20.4 Å². The van der Waals surface area contributed by atoms with Crippen molar-refractivity contribution in [1.29, 1.82) is 0 Å². The lowest BCUT2D eigenvalue weighted by Crippen LogP contribution is -2.08. The van der Waals surface area contributed by atoms with E-state index in [-0.39, 0.29) is 11.1 Å². The number of aromatic nitrogens is 5. The van der Waals surface area contributed by atoms with Crippen LogP contribution >= 0.6 is 11.6 Å². The van der Waals surface area contributed by atoms with Crippen LogP contribution in [-0.4, -0.2) is 38.7 Å². The molecule has 2 N–H and O–H groups in total. The highest BCUT2D eigenvalue weighted by molar-refractivity contribution is 6.33. The SMILES string of the molecule is COc1nc(Cn2cnc3c(Cl)nc(N)nc32)c(C)c(OC)c1C. The first-order valence-electron chi connectivity index (χ1n) is 7.18. The minimum Gasteiger partial charge on any atom is -0.496 e. The molecule has 126 valence electrons. The van der Waals surface area contributed by atoms with E-state index in [4.69, 9.17) is 26.8 Å². The third-order valence-electron chi connectivity index (χ3n) is 3.83. The molecule has 0 aliphatic heterocycles. The smallest absolute Gasteiger partial charge is 0.223 e. The van der Waals surface area contributed by atoms with Gasteiger partial charge >= 0.3 is 0 Å². The number of hydrogen-bond donors (Lipinski definition) is 1. The first kappa shape index (κ1) is 16.3. The molecule has 0 amide bonds. The molecule has 3 aromatic rings. The van der Waals surface area contributed by atoms with Crippen LogP contribution in [0.15, 0.2) is 6.33 Å². The lowest BCUT2D eigenvalue weighted by molar-refractivity contribution is 0.372. The molecule has 0 fully saturated rings. The van der Waals surface area contributed by atoms with Crippen LogP contribution in [0.3, 0.4) is 0 Å². The minimum absolute atomic E-state index is 0.0954. The van der Waals surface area contributed by atoms with Gasteiger partial charge in [-0.05, 0) is 13.8 Å². The van der Waals surface area contributed by atoms with Gasteiger partial charge in [0, 0.05) is 5.56 Å². The van der Waals surface area contributed by atoms with Crippen LogP contribution in [-0.2, 0) is 6.54 Å². The van der Waals surface area contributed by atoms with Crippen molar-refractivity contribution in [3.63, 3.8) is 0 Å². The number of methoxy groups -OCH3 is 2. The number of fused-ring (bicyclic) bond motifs is 1. The Bertz CT molecular complexity index is 924. The summed E-state index contributed by atoms with van der Waals surface area (Å²) in [5.41, 5.74) is 9.28. The number of hydrogen-bond acceptors (Lipinski definition) is 7. The molecule has 9 heteroatoms. The van der Waals surface area contributed by atoms with Crippen molar-refractivity contribution in [1.82, 2.24) is 24.5 Å². The quantitative estimate of drug-likeness (QED) is 0.721. The molecule has 0 spiro atoms. The summed E-state index contributed by atoms with van der Waals surface area (Å²) in [5.74, 6) is 1.36. The van der Waals surface area contributed by atoms with Crippen LogP contribution in [0.2, 0.25) is 5.15 Å². The number of pyridine rings is 1. The predicted molar refractivity (Wildman–Crippen MR) is 90.7 cm³/mol. The summed E-state index contributed by atoms with van der Waals surface area (Å²) < 4.78 is 12.6. The van der Waals surface area contributed by atoms with Crippen molar-refractivity contribution < 1.29 is 9.47 Å². The Morgan fingerprint density at radius 3 is 2.54 bits per heavy atom. The van der Waals surface area contributed by atoms with Crippen LogP contribution in [0.4, 0.5) is 5.95 Å². The number of imidazole rings is 1. The fraction of sp³-hybridized carbons (Fsp3) is 0.333. The molecular weight excluding hydrogens is 332 g/mol. The average Bonchev–Trinajstić information content (AvgIpc) is 2.93. The minimum atomic E-state index is 0.0954. The molecule has 3 aromatic heterocycles. The third kappa shape index (κ3) is 2.58. The Morgan fingerprint density at radius 2 is 1.88 bits per heavy atom. The van der Waals surface area contributed by atoms with Crippen molar-refractivity contribution >= 4 is 28.7 Å². The van der Waals surface area contributed by atoms with Gasteiger partial charge in [0.25, 0.3) is 0 Å². The molecule has 8 nitrogen and oxygen atoms in total. The second-order valence-corrected chi connectivity index (χ2v) is 5.63. The van der Waals surface area contributed by atoms with Crippen molar-refractivity contribution in [2.75, 3.05) is 20.0 Å². The largest absolute Gasteiger partial charge is 0.496 e. The lowest BCUT2D eigenvalue weighted by atomic mass is 10.1. The van der Waals surface area contributed by atoms with Crippen LogP contribution in [0.5, 0.6) is 11.6 Å². The summed E-state index contributed by atoms with van der Waals surface area (Å²) in [4.78, 5) is 16.9. The Hall–Kier alpha value is -2.61. The number of ether oxygens (including phenoxy) is 2. The highest BCUT2D eigenvalue weighted by Crippen LogP contribution is 2.32. The van der Waals surface area contributed by atoms with Gasteiger partial charge in [-0.15, -0.1) is 0 Å². The summed E-state index contributed by atoms with van der Waals surface area (Å²) in [5, 5.41) is 0.222. The van der Waals surface area contributed by atoms with E-state index in [9.17, 15) is 0 Å². The zero-order valence-corrected chi connectivity index (χ0v) is 14.5. The third-order valence-corrected chi connectivity index (χ3v) is 4.09.